The van der Waals surface area contributed by atoms with Crippen molar-refractivity contribution in [1.82, 2.24) is 5.32 Å². The van der Waals surface area contributed by atoms with E-state index in [-0.39, 0.29) is 0 Å². The van der Waals surface area contributed by atoms with Gasteiger partial charge in [0, 0.05) is 6.08 Å². The first-order chi connectivity index (χ1) is 10.1. The molecule has 0 bridgehead atoms. The molecular weight excluding hydrogens is 290 g/mol. The van der Waals surface area contributed by atoms with Gasteiger partial charge in [-0.2, -0.15) is 11.8 Å². The average molecular weight is 309 g/mol. The highest BCUT2D eigenvalue weighted by Gasteiger charge is 2.17. The van der Waals surface area contributed by atoms with E-state index in [0.29, 0.717) is 12.2 Å². The molecule has 21 heavy (non-hydrogen) atoms. The van der Waals surface area contributed by atoms with Gasteiger partial charge in [-0.05, 0) is 42.2 Å². The minimum Gasteiger partial charge on any atom is -0.497 e. The highest BCUT2D eigenvalue weighted by molar-refractivity contribution is 7.98. The number of hydrogen-bond acceptors (Lipinski definition) is 4. The molecule has 1 aromatic rings. The van der Waals surface area contributed by atoms with Crippen LogP contribution >= 0.6 is 11.8 Å². The Morgan fingerprint density at radius 1 is 1.38 bits per heavy atom. The van der Waals surface area contributed by atoms with E-state index >= 15 is 0 Å². The fourth-order valence-electron chi connectivity index (χ4n) is 1.60. The molecule has 1 rings (SSSR count). The van der Waals surface area contributed by atoms with Crippen LogP contribution in [0.15, 0.2) is 30.3 Å². The molecule has 1 atom stereocenters. The summed E-state index contributed by atoms with van der Waals surface area (Å²) in [5.41, 5.74) is 0.835. The Labute approximate surface area is 128 Å². The number of rotatable bonds is 8. The summed E-state index contributed by atoms with van der Waals surface area (Å²) in [7, 11) is 1.58. The van der Waals surface area contributed by atoms with Crippen LogP contribution in [0.25, 0.3) is 6.08 Å². The third kappa shape index (κ3) is 6.35. The Balaban J connectivity index is 2.57. The molecule has 0 spiro atoms. The second kappa shape index (κ2) is 9.07. The third-order valence-electron chi connectivity index (χ3n) is 2.77. The summed E-state index contributed by atoms with van der Waals surface area (Å²) in [6.07, 6.45) is 5.25. The zero-order valence-corrected chi connectivity index (χ0v) is 12.9. The van der Waals surface area contributed by atoms with Crippen molar-refractivity contribution in [2.24, 2.45) is 0 Å². The summed E-state index contributed by atoms with van der Waals surface area (Å²) >= 11 is 1.54. The lowest BCUT2D eigenvalue weighted by Crippen LogP contribution is -2.40. The fourth-order valence-corrected chi connectivity index (χ4v) is 2.07. The molecule has 5 nitrogen and oxygen atoms in total. The standard InChI is InChI=1S/C15H19NO4S/c1-20-12-6-3-11(4-7-12)5-8-14(17)16-13(15(18)19)9-10-21-2/h3-8,13H,9-10H2,1-2H3,(H,16,17)(H,18,19)/b8-5+/t13-/m1/s1. The smallest absolute Gasteiger partial charge is 0.326 e. The largest absolute Gasteiger partial charge is 0.497 e. The van der Waals surface area contributed by atoms with Crippen LogP contribution in [-0.2, 0) is 9.59 Å². The second-order valence-electron chi connectivity index (χ2n) is 4.29. The van der Waals surface area contributed by atoms with Gasteiger partial charge in [0.1, 0.15) is 11.8 Å². The molecule has 114 valence electrons. The molecule has 0 fully saturated rings. The summed E-state index contributed by atoms with van der Waals surface area (Å²) in [4.78, 5) is 22.7. The molecule has 0 aliphatic carbocycles. The summed E-state index contributed by atoms with van der Waals surface area (Å²) in [6.45, 7) is 0. The van der Waals surface area contributed by atoms with Crippen molar-refractivity contribution in [3.63, 3.8) is 0 Å². The molecule has 1 aromatic carbocycles. The number of amides is 1. The Hall–Kier alpha value is -1.95. The molecule has 0 radical (unpaired) electrons. The van der Waals surface area contributed by atoms with Gasteiger partial charge < -0.3 is 15.2 Å². The van der Waals surface area contributed by atoms with Crippen LogP contribution in [0.2, 0.25) is 0 Å². The predicted molar refractivity (Wildman–Crippen MR) is 84.6 cm³/mol. The minimum absolute atomic E-state index is 0.401. The van der Waals surface area contributed by atoms with Crippen LogP contribution in [0.4, 0.5) is 0 Å². The van der Waals surface area contributed by atoms with Crippen LogP contribution in [-0.4, -0.2) is 42.1 Å². The van der Waals surface area contributed by atoms with Crippen molar-refractivity contribution in [2.45, 2.75) is 12.5 Å². The number of carboxylic acids is 1. The maximum Gasteiger partial charge on any atom is 0.326 e. The number of carboxylic acid groups (broad SMARTS) is 1. The Bertz CT molecular complexity index is 499. The third-order valence-corrected chi connectivity index (χ3v) is 3.41. The first kappa shape index (κ1) is 17.1. The van der Waals surface area contributed by atoms with Crippen molar-refractivity contribution in [3.8, 4) is 5.75 Å². The van der Waals surface area contributed by atoms with Crippen LogP contribution in [0.5, 0.6) is 5.75 Å². The van der Waals surface area contributed by atoms with Crippen molar-refractivity contribution in [3.05, 3.63) is 35.9 Å². The maximum absolute atomic E-state index is 11.7. The number of benzene rings is 1. The number of methoxy groups -OCH3 is 1. The van der Waals surface area contributed by atoms with Crippen LogP contribution in [0, 0.1) is 0 Å². The first-order valence-corrected chi connectivity index (χ1v) is 7.80. The van der Waals surface area contributed by atoms with Gasteiger partial charge >= 0.3 is 5.97 Å². The molecule has 0 aliphatic heterocycles. The average Bonchev–Trinajstić information content (AvgIpc) is 2.49. The molecule has 0 unspecified atom stereocenters. The van der Waals surface area contributed by atoms with Crippen molar-refractivity contribution in [1.29, 1.82) is 0 Å². The molecule has 0 aliphatic rings. The lowest BCUT2D eigenvalue weighted by Gasteiger charge is -2.12. The number of nitrogens with one attached hydrogen (secondary N) is 1. The van der Waals surface area contributed by atoms with E-state index < -0.39 is 17.9 Å². The topological polar surface area (TPSA) is 75.6 Å². The van der Waals surface area contributed by atoms with Gasteiger partial charge in [-0.15, -0.1) is 0 Å². The zero-order chi connectivity index (χ0) is 15.7. The van der Waals surface area contributed by atoms with E-state index in [9.17, 15) is 9.59 Å². The Morgan fingerprint density at radius 2 is 2.05 bits per heavy atom. The number of aliphatic carboxylic acids is 1. The molecule has 0 heterocycles. The summed E-state index contributed by atoms with van der Waals surface area (Å²) in [5, 5.41) is 11.5. The Morgan fingerprint density at radius 3 is 2.57 bits per heavy atom. The van der Waals surface area contributed by atoms with Gasteiger partial charge in [-0.1, -0.05) is 12.1 Å². The lowest BCUT2D eigenvalue weighted by molar-refractivity contribution is -0.141. The van der Waals surface area contributed by atoms with E-state index in [1.54, 1.807) is 37.1 Å². The molecule has 0 aromatic heterocycles. The number of ether oxygens (including phenoxy) is 1. The second-order valence-corrected chi connectivity index (χ2v) is 5.27. The fraction of sp³-hybridized carbons (Fsp3) is 0.333. The van der Waals surface area contributed by atoms with E-state index in [0.717, 1.165) is 11.3 Å². The van der Waals surface area contributed by atoms with Crippen LogP contribution in [0.1, 0.15) is 12.0 Å². The summed E-state index contributed by atoms with van der Waals surface area (Å²) in [6, 6.07) is 6.34. The monoisotopic (exact) mass is 309 g/mol. The lowest BCUT2D eigenvalue weighted by atomic mass is 10.2. The number of carbonyl (C=O) groups excluding carboxylic acids is 1. The van der Waals surface area contributed by atoms with Crippen LogP contribution < -0.4 is 10.1 Å². The molecule has 0 saturated carbocycles. The minimum atomic E-state index is -1.02. The number of hydrogen-bond donors (Lipinski definition) is 2. The van der Waals surface area contributed by atoms with Gasteiger partial charge in [0.2, 0.25) is 5.91 Å². The quantitative estimate of drug-likeness (QED) is 0.719. The van der Waals surface area contributed by atoms with Gasteiger partial charge in [0.25, 0.3) is 0 Å². The van der Waals surface area contributed by atoms with Crippen LogP contribution in [0.3, 0.4) is 0 Å². The van der Waals surface area contributed by atoms with E-state index in [1.807, 2.05) is 18.4 Å². The molecule has 0 saturated heterocycles. The number of carbonyl (C=O) groups is 2. The van der Waals surface area contributed by atoms with E-state index in [1.165, 1.54) is 6.08 Å². The van der Waals surface area contributed by atoms with Gasteiger partial charge in [-0.25, -0.2) is 4.79 Å². The van der Waals surface area contributed by atoms with Crippen molar-refractivity contribution < 1.29 is 19.4 Å². The highest BCUT2D eigenvalue weighted by Crippen LogP contribution is 2.12. The van der Waals surface area contributed by atoms with Gasteiger partial charge in [-0.3, -0.25) is 4.79 Å². The zero-order valence-electron chi connectivity index (χ0n) is 12.0. The SMILES string of the molecule is COc1ccc(/C=C/C(=O)N[C@H](CCSC)C(=O)O)cc1. The van der Waals surface area contributed by atoms with Crippen molar-refractivity contribution >= 4 is 29.7 Å². The van der Waals surface area contributed by atoms with E-state index in [4.69, 9.17) is 9.84 Å². The first-order valence-electron chi connectivity index (χ1n) is 6.41. The maximum atomic E-state index is 11.7. The Kier molecular flexibility index (Phi) is 7.39. The van der Waals surface area contributed by atoms with E-state index in [2.05, 4.69) is 5.32 Å². The summed E-state index contributed by atoms with van der Waals surface area (Å²) < 4.78 is 5.04. The molecule has 2 N–H and O–H groups in total. The highest BCUT2D eigenvalue weighted by atomic mass is 32.2. The molecule has 1 amide bonds. The molecule has 6 heteroatoms. The summed E-state index contributed by atoms with van der Waals surface area (Å²) in [5.74, 6) is -0.0198. The normalized spacial score (nSPS) is 12.1. The predicted octanol–water partition coefficient (Wildman–Crippen LogP) is 2.03. The number of thioether (sulfide) groups is 1. The molecular formula is C15H19NO4S. The van der Waals surface area contributed by atoms with Gasteiger partial charge in [0.05, 0.1) is 7.11 Å². The van der Waals surface area contributed by atoms with Gasteiger partial charge in [0.15, 0.2) is 0 Å². The van der Waals surface area contributed by atoms with Crippen molar-refractivity contribution in [2.75, 3.05) is 19.1 Å².